The highest BCUT2D eigenvalue weighted by atomic mass is 32.2. The third-order valence-corrected chi connectivity index (χ3v) is 4.34. The number of aliphatic hydroxyl groups excluding tert-OH is 2. The van der Waals surface area contributed by atoms with Crippen LogP contribution in [0.2, 0.25) is 0 Å². The van der Waals surface area contributed by atoms with Crippen LogP contribution in [0.15, 0.2) is 29.2 Å². The summed E-state index contributed by atoms with van der Waals surface area (Å²) in [5, 5.41) is 17.4. The molecule has 0 unspecified atom stereocenters. The van der Waals surface area contributed by atoms with Crippen LogP contribution in [0.3, 0.4) is 0 Å². The van der Waals surface area contributed by atoms with Crippen LogP contribution in [-0.2, 0) is 10.0 Å². The van der Waals surface area contributed by atoms with E-state index >= 15 is 0 Å². The van der Waals surface area contributed by atoms with Gasteiger partial charge in [-0.1, -0.05) is 17.9 Å². The number of halogens is 2. The quantitative estimate of drug-likeness (QED) is 0.738. The van der Waals surface area contributed by atoms with E-state index in [-0.39, 0.29) is 11.5 Å². The first-order valence-corrected chi connectivity index (χ1v) is 7.44. The number of sulfonamides is 1. The lowest BCUT2D eigenvalue weighted by atomic mass is 10.2. The second-order valence-corrected chi connectivity index (χ2v) is 5.90. The summed E-state index contributed by atoms with van der Waals surface area (Å²) in [6, 6.07) is 5.45. The van der Waals surface area contributed by atoms with Crippen molar-refractivity contribution in [2.24, 2.45) is 0 Å². The fourth-order valence-corrected chi connectivity index (χ4v) is 3.06. The Hall–Kier alpha value is -1.53. The molecule has 0 radical (unpaired) electrons. The average Bonchev–Trinajstić information content (AvgIpc) is 2.44. The zero-order chi connectivity index (χ0) is 15.9. The van der Waals surface area contributed by atoms with Crippen LogP contribution in [0, 0.1) is 11.8 Å². The third kappa shape index (κ3) is 5.06. The summed E-state index contributed by atoms with van der Waals surface area (Å²) in [5.74, 6) is 4.90. The lowest BCUT2D eigenvalue weighted by molar-refractivity contribution is 0.113. The topological polar surface area (TPSA) is 77.8 Å². The normalized spacial score (nSPS) is 11.5. The number of rotatable bonds is 6. The van der Waals surface area contributed by atoms with Crippen LogP contribution in [0.4, 0.5) is 8.78 Å². The molecule has 8 heteroatoms. The maximum atomic E-state index is 12.5. The Morgan fingerprint density at radius 2 is 2.00 bits per heavy atom. The maximum Gasteiger partial charge on any atom is 0.252 e. The van der Waals surface area contributed by atoms with Gasteiger partial charge in [0, 0.05) is 12.1 Å². The van der Waals surface area contributed by atoms with Crippen molar-refractivity contribution in [1.82, 2.24) is 4.31 Å². The van der Waals surface area contributed by atoms with Gasteiger partial charge in [-0.15, -0.1) is 0 Å². The Labute approximate surface area is 121 Å². The molecule has 1 aromatic rings. The Kier molecular flexibility index (Phi) is 6.71. The van der Waals surface area contributed by atoms with E-state index in [4.69, 9.17) is 10.2 Å². The van der Waals surface area contributed by atoms with Gasteiger partial charge in [0.2, 0.25) is 10.0 Å². The van der Waals surface area contributed by atoms with Crippen molar-refractivity contribution < 1.29 is 27.4 Å². The van der Waals surface area contributed by atoms with E-state index in [1.165, 1.54) is 24.3 Å². The number of hydrogen-bond donors (Lipinski definition) is 2. The highest BCUT2D eigenvalue weighted by Gasteiger charge is 2.26. The molecule has 0 amide bonds. The van der Waals surface area contributed by atoms with Gasteiger partial charge in [0.1, 0.15) is 6.61 Å². The minimum atomic E-state index is -4.14. The molecular weight excluding hydrogens is 304 g/mol. The summed E-state index contributed by atoms with van der Waals surface area (Å²) in [6.45, 7) is -2.34. The number of nitrogens with zero attached hydrogens (tertiary/aromatic N) is 1. The van der Waals surface area contributed by atoms with Crippen LogP contribution in [0.25, 0.3) is 0 Å². The van der Waals surface area contributed by atoms with Crippen molar-refractivity contribution in [3.63, 3.8) is 0 Å². The molecule has 0 bridgehead atoms. The van der Waals surface area contributed by atoms with Crippen LogP contribution >= 0.6 is 0 Å². The van der Waals surface area contributed by atoms with Crippen molar-refractivity contribution in [2.45, 2.75) is 11.3 Å². The molecule has 0 spiro atoms. The molecule has 0 heterocycles. The van der Waals surface area contributed by atoms with Crippen LogP contribution in [0.1, 0.15) is 5.56 Å². The SMILES string of the molecule is O=S(=O)(c1cccc(C#CCO)c1)N(CCO)CC(F)F. The smallest absolute Gasteiger partial charge is 0.252 e. The van der Waals surface area contributed by atoms with Gasteiger partial charge in [0.15, 0.2) is 0 Å². The standard InChI is InChI=1S/C13H15F2NO4S/c14-13(15)10-16(6-8-18)21(19,20)12-5-1-3-11(9-12)4-2-7-17/h1,3,5,9,13,17-18H,6-8,10H2. The van der Waals surface area contributed by atoms with Crippen LogP contribution in [-0.4, -0.2) is 55.7 Å². The largest absolute Gasteiger partial charge is 0.395 e. The lowest BCUT2D eigenvalue weighted by Gasteiger charge is -2.20. The van der Waals surface area contributed by atoms with Gasteiger partial charge >= 0.3 is 0 Å². The molecule has 0 atom stereocenters. The summed E-state index contributed by atoms with van der Waals surface area (Å²) in [5.41, 5.74) is 0.339. The Balaban J connectivity index is 3.15. The minimum absolute atomic E-state index is 0.193. The molecule has 0 fully saturated rings. The van der Waals surface area contributed by atoms with Crippen molar-refractivity contribution in [3.05, 3.63) is 29.8 Å². The molecule has 0 aliphatic carbocycles. The first-order chi connectivity index (χ1) is 9.91. The van der Waals surface area contributed by atoms with Gasteiger partial charge in [-0.2, -0.15) is 4.31 Å². The van der Waals surface area contributed by atoms with Gasteiger partial charge in [-0.3, -0.25) is 0 Å². The molecule has 2 N–H and O–H groups in total. The van der Waals surface area contributed by atoms with Crippen LogP contribution in [0.5, 0.6) is 0 Å². The first-order valence-electron chi connectivity index (χ1n) is 6.00. The lowest BCUT2D eigenvalue weighted by Crippen LogP contribution is -2.37. The van der Waals surface area contributed by atoms with Crippen molar-refractivity contribution in [2.75, 3.05) is 26.3 Å². The minimum Gasteiger partial charge on any atom is -0.395 e. The van der Waals surface area contributed by atoms with Crippen molar-refractivity contribution >= 4 is 10.0 Å². The Bertz CT molecular complexity index is 623. The molecule has 0 saturated heterocycles. The molecule has 5 nitrogen and oxygen atoms in total. The Morgan fingerprint density at radius 1 is 1.29 bits per heavy atom. The van der Waals surface area contributed by atoms with E-state index in [0.29, 0.717) is 9.87 Å². The van der Waals surface area contributed by atoms with Crippen molar-refractivity contribution in [3.8, 4) is 11.8 Å². The number of aliphatic hydroxyl groups is 2. The van der Waals surface area contributed by atoms with Gasteiger partial charge in [-0.25, -0.2) is 17.2 Å². The Morgan fingerprint density at radius 3 is 2.57 bits per heavy atom. The summed E-state index contributed by atoms with van der Waals surface area (Å²) >= 11 is 0. The van der Waals surface area contributed by atoms with Gasteiger partial charge in [-0.05, 0) is 18.2 Å². The van der Waals surface area contributed by atoms with Gasteiger partial charge < -0.3 is 10.2 Å². The fraction of sp³-hybridized carbons (Fsp3) is 0.385. The molecular formula is C13H15F2NO4S. The zero-order valence-corrected chi connectivity index (χ0v) is 11.9. The highest BCUT2D eigenvalue weighted by molar-refractivity contribution is 7.89. The molecule has 0 aromatic heterocycles. The van der Waals surface area contributed by atoms with Gasteiger partial charge in [0.25, 0.3) is 6.43 Å². The number of alkyl halides is 2. The summed E-state index contributed by atoms with van der Waals surface area (Å²) < 4.78 is 50.0. The van der Waals surface area contributed by atoms with E-state index in [1.807, 2.05) is 0 Å². The van der Waals surface area contributed by atoms with E-state index < -0.39 is 36.1 Å². The molecule has 0 saturated carbocycles. The van der Waals surface area contributed by atoms with E-state index in [1.54, 1.807) is 0 Å². The molecule has 0 aliphatic rings. The molecule has 1 rings (SSSR count). The molecule has 1 aromatic carbocycles. The van der Waals surface area contributed by atoms with Crippen molar-refractivity contribution in [1.29, 1.82) is 0 Å². The summed E-state index contributed by atoms with van der Waals surface area (Å²) in [4.78, 5) is -0.193. The molecule has 21 heavy (non-hydrogen) atoms. The van der Waals surface area contributed by atoms with E-state index in [9.17, 15) is 17.2 Å². The number of hydrogen-bond acceptors (Lipinski definition) is 4. The summed E-state index contributed by atoms with van der Waals surface area (Å²) in [7, 11) is -4.14. The summed E-state index contributed by atoms with van der Waals surface area (Å²) in [6.07, 6.45) is -2.84. The van der Waals surface area contributed by atoms with E-state index in [2.05, 4.69) is 11.8 Å². The zero-order valence-electron chi connectivity index (χ0n) is 11.0. The third-order valence-electron chi connectivity index (χ3n) is 2.47. The highest BCUT2D eigenvalue weighted by Crippen LogP contribution is 2.17. The average molecular weight is 319 g/mol. The predicted octanol–water partition coefficient (Wildman–Crippen LogP) is 0.279. The van der Waals surface area contributed by atoms with Crippen LogP contribution < -0.4 is 0 Å². The fourth-order valence-electron chi connectivity index (χ4n) is 1.60. The van der Waals surface area contributed by atoms with Gasteiger partial charge in [0.05, 0.1) is 18.0 Å². The van der Waals surface area contributed by atoms with E-state index in [0.717, 1.165) is 0 Å². The second-order valence-electron chi connectivity index (χ2n) is 3.97. The monoisotopic (exact) mass is 319 g/mol. The first kappa shape index (κ1) is 17.5. The molecule has 0 aliphatic heterocycles. The maximum absolute atomic E-state index is 12.5. The predicted molar refractivity (Wildman–Crippen MR) is 72.3 cm³/mol. The number of benzene rings is 1. The molecule has 116 valence electrons. The second kappa shape index (κ2) is 8.05.